The van der Waals surface area contributed by atoms with Crippen molar-refractivity contribution in [3.8, 4) is 0 Å². The highest BCUT2D eigenvalue weighted by Crippen LogP contribution is 2.27. The summed E-state index contributed by atoms with van der Waals surface area (Å²) in [5.41, 5.74) is 1.16. The number of nitrogens with zero attached hydrogens (tertiary/aromatic N) is 5. The molecular formula is C23H36IN7S. The number of halogens is 1. The Bertz CT molecular complexity index is 813. The van der Waals surface area contributed by atoms with Gasteiger partial charge in [-0.15, -0.1) is 35.3 Å². The van der Waals surface area contributed by atoms with Crippen molar-refractivity contribution in [2.24, 2.45) is 4.99 Å². The van der Waals surface area contributed by atoms with Gasteiger partial charge in [-0.3, -0.25) is 9.89 Å². The topological polar surface area (TPSA) is 59.0 Å². The molecule has 0 aromatic carbocycles. The second kappa shape index (κ2) is 12.7. The van der Waals surface area contributed by atoms with E-state index in [-0.39, 0.29) is 24.0 Å². The molecule has 2 aromatic heterocycles. The van der Waals surface area contributed by atoms with Gasteiger partial charge in [0, 0.05) is 57.4 Å². The second-order valence-corrected chi connectivity index (χ2v) is 9.38. The number of pyridine rings is 1. The van der Waals surface area contributed by atoms with Gasteiger partial charge < -0.3 is 20.4 Å². The standard InChI is InChI=1S/C23H35N7S.HI/c1-24-23(27-18-20(21-6-5-15-31-21)29-9-3-4-10-29)26-17-19-7-8-22(25-16-19)30-13-11-28(2)12-14-30;/h5-8,15-16,20H,3-4,9-14,17-18H2,1-2H3,(H2,24,26,27);1H. The molecule has 176 valence electrons. The van der Waals surface area contributed by atoms with Crippen LogP contribution < -0.4 is 15.5 Å². The molecule has 2 aliphatic heterocycles. The third-order valence-corrected chi connectivity index (χ3v) is 7.21. The predicted molar refractivity (Wildman–Crippen MR) is 145 cm³/mol. The van der Waals surface area contributed by atoms with Crippen molar-refractivity contribution >= 4 is 47.1 Å². The molecule has 0 amide bonds. The molecule has 2 saturated heterocycles. The number of guanidine groups is 1. The van der Waals surface area contributed by atoms with E-state index in [2.05, 4.69) is 67.0 Å². The second-order valence-electron chi connectivity index (χ2n) is 8.40. The number of rotatable bonds is 7. The number of hydrogen-bond acceptors (Lipinski definition) is 6. The zero-order valence-corrected chi connectivity index (χ0v) is 22.3. The van der Waals surface area contributed by atoms with Crippen LogP contribution in [0.15, 0.2) is 40.8 Å². The Morgan fingerprint density at radius 3 is 2.50 bits per heavy atom. The van der Waals surface area contributed by atoms with E-state index < -0.39 is 0 Å². The minimum atomic E-state index is 0. The molecular weight excluding hydrogens is 533 g/mol. The zero-order valence-electron chi connectivity index (χ0n) is 19.2. The summed E-state index contributed by atoms with van der Waals surface area (Å²) in [4.78, 5) is 17.9. The van der Waals surface area contributed by atoms with Crippen molar-refractivity contribution in [1.29, 1.82) is 0 Å². The largest absolute Gasteiger partial charge is 0.354 e. The molecule has 2 aromatic rings. The van der Waals surface area contributed by atoms with Gasteiger partial charge in [-0.25, -0.2) is 4.98 Å². The molecule has 0 saturated carbocycles. The van der Waals surface area contributed by atoms with Gasteiger partial charge in [0.05, 0.1) is 6.04 Å². The number of likely N-dealkylation sites (N-methyl/N-ethyl adjacent to an activating group) is 1. The minimum absolute atomic E-state index is 0. The number of anilines is 1. The van der Waals surface area contributed by atoms with Crippen LogP contribution in [0.3, 0.4) is 0 Å². The lowest BCUT2D eigenvalue weighted by Crippen LogP contribution is -2.44. The SMILES string of the molecule is CN=C(NCc1ccc(N2CCN(C)CC2)nc1)NCC(c1cccs1)N1CCCC1.I. The number of hydrogen-bond donors (Lipinski definition) is 2. The number of piperazine rings is 1. The summed E-state index contributed by atoms with van der Waals surface area (Å²) in [6.07, 6.45) is 4.57. The number of thiophene rings is 1. The Kier molecular flexibility index (Phi) is 10.0. The van der Waals surface area contributed by atoms with Crippen molar-refractivity contribution in [1.82, 2.24) is 25.4 Å². The highest BCUT2D eigenvalue weighted by molar-refractivity contribution is 14.0. The van der Waals surface area contributed by atoms with Crippen molar-refractivity contribution in [2.75, 3.05) is 64.8 Å². The maximum Gasteiger partial charge on any atom is 0.191 e. The van der Waals surface area contributed by atoms with Crippen LogP contribution >= 0.6 is 35.3 Å². The first-order valence-electron chi connectivity index (χ1n) is 11.3. The average molecular weight is 570 g/mol. The van der Waals surface area contributed by atoms with Crippen LogP contribution in [0.1, 0.15) is 29.3 Å². The fraction of sp³-hybridized carbons (Fsp3) is 0.565. The fourth-order valence-electron chi connectivity index (χ4n) is 4.29. The average Bonchev–Trinajstić information content (AvgIpc) is 3.52. The summed E-state index contributed by atoms with van der Waals surface area (Å²) < 4.78 is 0. The fourth-order valence-corrected chi connectivity index (χ4v) is 5.15. The first-order valence-corrected chi connectivity index (χ1v) is 12.2. The van der Waals surface area contributed by atoms with Crippen LogP contribution in [-0.4, -0.2) is 80.7 Å². The van der Waals surface area contributed by atoms with E-state index in [1.165, 1.54) is 30.8 Å². The van der Waals surface area contributed by atoms with Gasteiger partial charge in [0.2, 0.25) is 0 Å². The lowest BCUT2D eigenvalue weighted by atomic mass is 10.2. The summed E-state index contributed by atoms with van der Waals surface area (Å²) in [6, 6.07) is 9.11. The van der Waals surface area contributed by atoms with E-state index in [9.17, 15) is 0 Å². The normalized spacial score (nSPS) is 18.9. The van der Waals surface area contributed by atoms with Crippen LogP contribution in [0.25, 0.3) is 0 Å². The lowest BCUT2D eigenvalue weighted by Gasteiger charge is -2.33. The maximum atomic E-state index is 4.69. The highest BCUT2D eigenvalue weighted by Gasteiger charge is 2.24. The molecule has 1 atom stereocenters. The van der Waals surface area contributed by atoms with E-state index in [0.29, 0.717) is 12.6 Å². The van der Waals surface area contributed by atoms with Crippen molar-refractivity contribution in [3.63, 3.8) is 0 Å². The van der Waals surface area contributed by atoms with Crippen LogP contribution in [-0.2, 0) is 6.54 Å². The Labute approximate surface area is 213 Å². The van der Waals surface area contributed by atoms with Crippen LogP contribution in [0.2, 0.25) is 0 Å². The third kappa shape index (κ3) is 6.79. The lowest BCUT2D eigenvalue weighted by molar-refractivity contribution is 0.249. The first kappa shape index (κ1) is 25.2. The van der Waals surface area contributed by atoms with Crippen molar-refractivity contribution < 1.29 is 0 Å². The molecule has 0 bridgehead atoms. The van der Waals surface area contributed by atoms with Crippen LogP contribution in [0.5, 0.6) is 0 Å². The van der Waals surface area contributed by atoms with Crippen LogP contribution in [0.4, 0.5) is 5.82 Å². The molecule has 4 rings (SSSR count). The molecule has 32 heavy (non-hydrogen) atoms. The minimum Gasteiger partial charge on any atom is -0.354 e. The molecule has 2 fully saturated rings. The van der Waals surface area contributed by atoms with Gasteiger partial charge >= 0.3 is 0 Å². The quantitative estimate of drug-likeness (QED) is 0.304. The molecule has 1 unspecified atom stereocenters. The van der Waals surface area contributed by atoms with Gasteiger partial charge in [-0.1, -0.05) is 12.1 Å². The smallest absolute Gasteiger partial charge is 0.191 e. The van der Waals surface area contributed by atoms with E-state index >= 15 is 0 Å². The summed E-state index contributed by atoms with van der Waals surface area (Å²) in [7, 11) is 4.01. The number of nitrogens with one attached hydrogen (secondary N) is 2. The molecule has 7 nitrogen and oxygen atoms in total. The monoisotopic (exact) mass is 569 g/mol. The summed E-state index contributed by atoms with van der Waals surface area (Å²) in [5.74, 6) is 1.91. The molecule has 9 heteroatoms. The van der Waals surface area contributed by atoms with Gasteiger partial charge in [-0.05, 0) is 56.1 Å². The van der Waals surface area contributed by atoms with Crippen LogP contribution in [0, 0.1) is 0 Å². The first-order chi connectivity index (χ1) is 15.2. The Morgan fingerprint density at radius 2 is 1.88 bits per heavy atom. The molecule has 2 N–H and O–H groups in total. The maximum absolute atomic E-state index is 4.69. The number of aliphatic imine (C=N–C) groups is 1. The molecule has 0 radical (unpaired) electrons. The molecule has 0 aliphatic carbocycles. The Hall–Kier alpha value is -1.43. The van der Waals surface area contributed by atoms with E-state index in [1.807, 2.05) is 24.6 Å². The summed E-state index contributed by atoms with van der Waals surface area (Å²) >= 11 is 1.84. The summed E-state index contributed by atoms with van der Waals surface area (Å²) in [6.45, 7) is 8.21. The van der Waals surface area contributed by atoms with Gasteiger partial charge in [0.1, 0.15) is 5.82 Å². The molecule has 2 aliphatic rings. The van der Waals surface area contributed by atoms with Gasteiger partial charge in [0.25, 0.3) is 0 Å². The number of likely N-dealkylation sites (tertiary alicyclic amines) is 1. The highest BCUT2D eigenvalue weighted by atomic mass is 127. The Morgan fingerprint density at radius 1 is 1.09 bits per heavy atom. The van der Waals surface area contributed by atoms with E-state index in [1.54, 1.807) is 0 Å². The van der Waals surface area contributed by atoms with Gasteiger partial charge in [-0.2, -0.15) is 0 Å². The molecule has 0 spiro atoms. The van der Waals surface area contributed by atoms with Gasteiger partial charge in [0.15, 0.2) is 5.96 Å². The van der Waals surface area contributed by atoms with E-state index in [0.717, 1.165) is 50.1 Å². The Balaban J connectivity index is 0.00000289. The van der Waals surface area contributed by atoms with E-state index in [4.69, 9.17) is 4.98 Å². The zero-order chi connectivity index (χ0) is 21.5. The van der Waals surface area contributed by atoms with Crippen molar-refractivity contribution in [2.45, 2.75) is 25.4 Å². The third-order valence-electron chi connectivity index (χ3n) is 6.24. The summed E-state index contributed by atoms with van der Waals surface area (Å²) in [5, 5.41) is 9.16. The van der Waals surface area contributed by atoms with Crippen molar-refractivity contribution in [3.05, 3.63) is 46.3 Å². The predicted octanol–water partition coefficient (Wildman–Crippen LogP) is 3.02. The number of aromatic nitrogens is 1. The molecule has 4 heterocycles.